The zero-order valence-electron chi connectivity index (χ0n) is 14.1. The second kappa shape index (κ2) is 8.21. The molecule has 2 aromatic rings. The van der Waals surface area contributed by atoms with Crippen LogP contribution in [0.3, 0.4) is 0 Å². The second-order valence-corrected chi connectivity index (χ2v) is 7.21. The van der Waals surface area contributed by atoms with Crippen molar-refractivity contribution in [2.45, 2.75) is 36.8 Å². The number of carbonyl (C=O) groups is 2. The van der Waals surface area contributed by atoms with E-state index in [2.05, 4.69) is 5.32 Å². The molecule has 0 aliphatic heterocycles. The van der Waals surface area contributed by atoms with E-state index in [-0.39, 0.29) is 11.9 Å². The predicted molar refractivity (Wildman–Crippen MR) is 98.6 cm³/mol. The maximum Gasteiger partial charge on any atom is 0.340 e. The van der Waals surface area contributed by atoms with E-state index in [1.165, 1.54) is 0 Å². The minimum absolute atomic E-state index is 0.209. The fraction of sp³-hybridized carbons (Fsp3) is 0.300. The van der Waals surface area contributed by atoms with Crippen molar-refractivity contribution >= 4 is 23.6 Å². The van der Waals surface area contributed by atoms with Gasteiger partial charge in [0.2, 0.25) is 6.10 Å². The number of nitrogens with one attached hydrogen (secondary N) is 1. The van der Waals surface area contributed by atoms with Gasteiger partial charge in [-0.15, -0.1) is 11.8 Å². The number of ether oxygens (including phenoxy) is 1. The summed E-state index contributed by atoms with van der Waals surface area (Å²) in [5, 5.41) is 2.93. The Kier molecular flexibility index (Phi) is 5.76. The van der Waals surface area contributed by atoms with Crippen LogP contribution in [-0.2, 0) is 9.53 Å². The van der Waals surface area contributed by atoms with Crippen LogP contribution >= 0.6 is 11.8 Å². The Bertz CT molecular complexity index is 744. The molecule has 0 saturated heterocycles. The molecule has 1 fully saturated rings. The number of carbonyl (C=O) groups excluding carboxylic acids is 2. The Morgan fingerprint density at radius 3 is 2.48 bits per heavy atom. The highest BCUT2D eigenvalue weighted by Gasteiger charge is 2.31. The first-order valence-corrected chi connectivity index (χ1v) is 9.45. The summed E-state index contributed by atoms with van der Waals surface area (Å²) in [6.45, 7) is 2.03. The highest BCUT2D eigenvalue weighted by atomic mass is 32.2. The highest BCUT2D eigenvalue weighted by Crippen LogP contribution is 2.27. The molecule has 1 amide bonds. The molecule has 0 unspecified atom stereocenters. The Morgan fingerprint density at radius 2 is 1.80 bits per heavy atom. The van der Waals surface area contributed by atoms with Crippen molar-refractivity contribution in [2.75, 3.05) is 5.75 Å². The summed E-state index contributed by atoms with van der Waals surface area (Å²) in [6.07, 6.45) is 1.03. The van der Waals surface area contributed by atoms with Crippen LogP contribution in [0.5, 0.6) is 0 Å². The van der Waals surface area contributed by atoms with Crippen LogP contribution in [0.15, 0.2) is 59.5 Å². The van der Waals surface area contributed by atoms with Gasteiger partial charge in [-0.3, -0.25) is 4.79 Å². The van der Waals surface area contributed by atoms with Gasteiger partial charge in [-0.05, 0) is 30.7 Å². The lowest BCUT2D eigenvalue weighted by Gasteiger charge is -2.18. The predicted octanol–water partition coefficient (Wildman–Crippen LogP) is 3.98. The maximum absolute atomic E-state index is 12.7. The Hall–Kier alpha value is -2.27. The molecule has 4 nitrogen and oxygen atoms in total. The van der Waals surface area contributed by atoms with Gasteiger partial charge in [0, 0.05) is 16.5 Å². The van der Waals surface area contributed by atoms with Crippen molar-refractivity contribution in [3.8, 4) is 0 Å². The normalized spacial score (nSPS) is 14.6. The van der Waals surface area contributed by atoms with Gasteiger partial charge >= 0.3 is 5.97 Å². The van der Waals surface area contributed by atoms with Crippen molar-refractivity contribution in [1.82, 2.24) is 5.32 Å². The Morgan fingerprint density at radius 1 is 1.12 bits per heavy atom. The SMILES string of the molecule is CCSc1ccccc1C(=O)O[C@H](C(=O)NC1CC1)c1ccccc1. The summed E-state index contributed by atoms with van der Waals surface area (Å²) in [5.74, 6) is 0.119. The molecule has 3 rings (SSSR count). The van der Waals surface area contributed by atoms with Crippen molar-refractivity contribution in [1.29, 1.82) is 0 Å². The molecule has 1 saturated carbocycles. The van der Waals surface area contributed by atoms with Crippen LogP contribution < -0.4 is 5.32 Å². The van der Waals surface area contributed by atoms with Crippen LogP contribution in [0, 0.1) is 0 Å². The first-order chi connectivity index (χ1) is 12.2. The van der Waals surface area contributed by atoms with E-state index in [4.69, 9.17) is 4.74 Å². The largest absolute Gasteiger partial charge is 0.444 e. The van der Waals surface area contributed by atoms with E-state index in [1.807, 2.05) is 37.3 Å². The lowest BCUT2D eigenvalue weighted by atomic mass is 10.1. The topological polar surface area (TPSA) is 55.4 Å². The molecule has 1 N–H and O–H groups in total. The maximum atomic E-state index is 12.7. The van der Waals surface area contributed by atoms with Gasteiger partial charge in [-0.1, -0.05) is 49.4 Å². The van der Waals surface area contributed by atoms with Crippen LogP contribution in [-0.4, -0.2) is 23.7 Å². The van der Waals surface area contributed by atoms with E-state index in [0.717, 1.165) is 23.5 Å². The molecule has 130 valence electrons. The Balaban J connectivity index is 1.82. The summed E-state index contributed by atoms with van der Waals surface area (Å²) >= 11 is 1.58. The van der Waals surface area contributed by atoms with Gasteiger partial charge in [-0.25, -0.2) is 4.79 Å². The molecule has 1 aliphatic carbocycles. The molecule has 25 heavy (non-hydrogen) atoms. The molecule has 1 atom stereocenters. The molecule has 0 bridgehead atoms. The van der Waals surface area contributed by atoms with Crippen LogP contribution in [0.2, 0.25) is 0 Å². The van der Waals surface area contributed by atoms with Crippen LogP contribution in [0.1, 0.15) is 41.8 Å². The minimum atomic E-state index is -0.936. The number of hydrogen-bond acceptors (Lipinski definition) is 4. The zero-order chi connectivity index (χ0) is 17.6. The number of benzene rings is 2. The fourth-order valence-corrected chi connectivity index (χ4v) is 3.29. The zero-order valence-corrected chi connectivity index (χ0v) is 14.9. The van der Waals surface area contributed by atoms with E-state index in [1.54, 1.807) is 36.0 Å². The summed E-state index contributed by atoms with van der Waals surface area (Å²) < 4.78 is 5.64. The monoisotopic (exact) mass is 355 g/mol. The van der Waals surface area contributed by atoms with E-state index in [0.29, 0.717) is 11.1 Å². The third-order valence-electron chi connectivity index (χ3n) is 3.90. The van der Waals surface area contributed by atoms with Gasteiger partial charge in [0.05, 0.1) is 5.56 Å². The number of hydrogen-bond donors (Lipinski definition) is 1. The number of thioether (sulfide) groups is 1. The second-order valence-electron chi connectivity index (χ2n) is 5.91. The molecule has 2 aromatic carbocycles. The molecular formula is C20H21NO3S. The average Bonchev–Trinajstić information content (AvgIpc) is 3.45. The van der Waals surface area contributed by atoms with Gasteiger partial charge in [-0.2, -0.15) is 0 Å². The highest BCUT2D eigenvalue weighted by molar-refractivity contribution is 7.99. The smallest absolute Gasteiger partial charge is 0.340 e. The van der Waals surface area contributed by atoms with E-state index < -0.39 is 12.1 Å². The number of amides is 1. The van der Waals surface area contributed by atoms with Gasteiger partial charge in [0.15, 0.2) is 0 Å². The Labute approximate surface area is 152 Å². The summed E-state index contributed by atoms with van der Waals surface area (Å²) in [5.41, 5.74) is 1.17. The molecule has 5 heteroatoms. The molecule has 0 radical (unpaired) electrons. The lowest BCUT2D eigenvalue weighted by Crippen LogP contribution is -2.33. The molecule has 0 heterocycles. The molecule has 0 spiro atoms. The van der Waals surface area contributed by atoms with Crippen molar-refractivity contribution in [2.24, 2.45) is 0 Å². The average molecular weight is 355 g/mol. The van der Waals surface area contributed by atoms with E-state index in [9.17, 15) is 9.59 Å². The van der Waals surface area contributed by atoms with Crippen molar-refractivity contribution < 1.29 is 14.3 Å². The third-order valence-corrected chi connectivity index (χ3v) is 4.85. The number of esters is 1. The molecular weight excluding hydrogens is 334 g/mol. The standard InChI is InChI=1S/C20H21NO3S/c1-2-25-17-11-7-6-10-16(17)20(23)24-18(14-8-4-3-5-9-14)19(22)21-15-12-13-15/h3-11,15,18H,2,12-13H2,1H3,(H,21,22)/t18-/m0/s1. The molecule has 0 aromatic heterocycles. The van der Waals surface area contributed by atoms with E-state index >= 15 is 0 Å². The van der Waals surface area contributed by atoms with Crippen LogP contribution in [0.4, 0.5) is 0 Å². The molecule has 1 aliphatic rings. The first-order valence-electron chi connectivity index (χ1n) is 8.47. The van der Waals surface area contributed by atoms with Crippen LogP contribution in [0.25, 0.3) is 0 Å². The fourth-order valence-electron chi connectivity index (χ4n) is 2.49. The van der Waals surface area contributed by atoms with Gasteiger partial charge in [0.1, 0.15) is 0 Å². The lowest BCUT2D eigenvalue weighted by molar-refractivity contribution is -0.130. The first kappa shape index (κ1) is 17.5. The minimum Gasteiger partial charge on any atom is -0.444 e. The number of rotatable bonds is 7. The van der Waals surface area contributed by atoms with Gasteiger partial charge in [0.25, 0.3) is 5.91 Å². The quantitative estimate of drug-likeness (QED) is 0.603. The van der Waals surface area contributed by atoms with Crippen molar-refractivity contribution in [3.05, 3.63) is 65.7 Å². The third kappa shape index (κ3) is 4.63. The summed E-state index contributed by atoms with van der Waals surface area (Å²) in [7, 11) is 0. The van der Waals surface area contributed by atoms with Gasteiger partial charge < -0.3 is 10.1 Å². The summed E-state index contributed by atoms with van der Waals surface area (Å²) in [4.78, 5) is 26.2. The van der Waals surface area contributed by atoms with Crippen molar-refractivity contribution in [3.63, 3.8) is 0 Å². The summed E-state index contributed by atoms with van der Waals surface area (Å²) in [6, 6.07) is 16.7.